The van der Waals surface area contributed by atoms with Gasteiger partial charge in [-0.2, -0.15) is 0 Å². The summed E-state index contributed by atoms with van der Waals surface area (Å²) in [5.41, 5.74) is 7.51. The number of urea groups is 1. The second-order valence-electron chi connectivity index (χ2n) is 3.99. The van der Waals surface area contributed by atoms with Crippen molar-refractivity contribution in [1.29, 1.82) is 0 Å². The average molecular weight is 251 g/mol. The predicted octanol–water partition coefficient (Wildman–Crippen LogP) is 1.86. The third kappa shape index (κ3) is 5.16. The molecule has 0 heterocycles. The van der Waals surface area contributed by atoms with E-state index in [1.165, 1.54) is 0 Å². The lowest BCUT2D eigenvalue weighted by atomic mass is 10.1. The molecule has 0 aromatic heterocycles. The van der Waals surface area contributed by atoms with Crippen LogP contribution < -0.4 is 16.4 Å². The lowest BCUT2D eigenvalue weighted by Crippen LogP contribution is -2.31. The smallest absolute Gasteiger partial charge is 0.319 e. The molecule has 0 fully saturated rings. The van der Waals surface area contributed by atoms with E-state index in [0.29, 0.717) is 19.8 Å². The van der Waals surface area contributed by atoms with Crippen molar-refractivity contribution in [3.8, 4) is 0 Å². The molecule has 0 aliphatic carbocycles. The van der Waals surface area contributed by atoms with Gasteiger partial charge < -0.3 is 21.1 Å². The van der Waals surface area contributed by atoms with E-state index in [1.807, 2.05) is 38.1 Å². The minimum absolute atomic E-state index is 0.0484. The van der Waals surface area contributed by atoms with Crippen molar-refractivity contribution in [1.82, 2.24) is 5.32 Å². The molecule has 100 valence electrons. The molecule has 0 aliphatic heterocycles. The molecule has 1 aromatic rings. The fourth-order valence-corrected chi connectivity index (χ4v) is 1.46. The largest absolute Gasteiger partial charge is 0.380 e. The van der Waals surface area contributed by atoms with Crippen LogP contribution in [0, 0.1) is 0 Å². The Balaban J connectivity index is 2.41. The van der Waals surface area contributed by atoms with Crippen LogP contribution in [-0.4, -0.2) is 25.8 Å². The number of carbonyl (C=O) groups excluding carboxylic acids is 1. The molecule has 2 amide bonds. The molecule has 0 spiro atoms. The maximum atomic E-state index is 11.5. The molecule has 5 nitrogen and oxygen atoms in total. The molecule has 1 unspecified atom stereocenters. The van der Waals surface area contributed by atoms with Gasteiger partial charge >= 0.3 is 6.03 Å². The van der Waals surface area contributed by atoms with E-state index < -0.39 is 0 Å². The Labute approximate surface area is 108 Å². The number of nitrogens with one attached hydrogen (secondary N) is 2. The lowest BCUT2D eigenvalue weighted by Gasteiger charge is -2.10. The van der Waals surface area contributed by atoms with Crippen LogP contribution in [0.25, 0.3) is 0 Å². The Kier molecular flexibility index (Phi) is 6.18. The molecule has 5 heteroatoms. The lowest BCUT2D eigenvalue weighted by molar-refractivity contribution is 0.150. The third-order valence-electron chi connectivity index (χ3n) is 2.41. The SMILES string of the molecule is CCOCCNC(=O)Nc1cccc(C(C)N)c1. The van der Waals surface area contributed by atoms with Crippen LogP contribution >= 0.6 is 0 Å². The van der Waals surface area contributed by atoms with Crippen LogP contribution in [0.3, 0.4) is 0 Å². The standard InChI is InChI=1S/C13H21N3O2/c1-3-18-8-7-15-13(17)16-12-6-4-5-11(9-12)10(2)14/h4-6,9-10H,3,7-8,14H2,1-2H3,(H2,15,16,17). The van der Waals surface area contributed by atoms with Gasteiger partial charge in [0.05, 0.1) is 6.61 Å². The van der Waals surface area contributed by atoms with Crippen LogP contribution in [0.15, 0.2) is 24.3 Å². The Morgan fingerprint density at radius 2 is 2.28 bits per heavy atom. The van der Waals surface area contributed by atoms with E-state index in [4.69, 9.17) is 10.5 Å². The van der Waals surface area contributed by atoms with Crippen LogP contribution in [0.4, 0.5) is 10.5 Å². The Morgan fingerprint density at radius 3 is 2.94 bits per heavy atom. The van der Waals surface area contributed by atoms with Crippen molar-refractivity contribution in [3.05, 3.63) is 29.8 Å². The van der Waals surface area contributed by atoms with Crippen LogP contribution in [0.2, 0.25) is 0 Å². The van der Waals surface area contributed by atoms with E-state index in [0.717, 1.165) is 11.3 Å². The van der Waals surface area contributed by atoms with E-state index in [2.05, 4.69) is 10.6 Å². The predicted molar refractivity (Wildman–Crippen MR) is 72.6 cm³/mol. The summed E-state index contributed by atoms with van der Waals surface area (Å²) in [5, 5.41) is 5.46. The molecule has 0 saturated heterocycles. The Bertz CT molecular complexity index is 380. The molecule has 0 radical (unpaired) electrons. The zero-order valence-corrected chi connectivity index (χ0v) is 10.9. The van der Waals surface area contributed by atoms with Gasteiger partial charge in [-0.15, -0.1) is 0 Å². The summed E-state index contributed by atoms with van der Waals surface area (Å²) in [6.45, 7) is 5.48. The van der Waals surface area contributed by atoms with Gasteiger partial charge in [-0.1, -0.05) is 12.1 Å². The average Bonchev–Trinajstić information content (AvgIpc) is 2.35. The molecule has 0 aliphatic rings. The first-order chi connectivity index (χ1) is 8.63. The number of benzene rings is 1. The second kappa shape index (κ2) is 7.68. The van der Waals surface area contributed by atoms with Gasteiger partial charge in [0, 0.05) is 24.9 Å². The number of rotatable bonds is 6. The molecule has 1 aromatic carbocycles. The first kappa shape index (κ1) is 14.5. The van der Waals surface area contributed by atoms with Crippen molar-refractivity contribution in [3.63, 3.8) is 0 Å². The van der Waals surface area contributed by atoms with Crippen molar-refractivity contribution >= 4 is 11.7 Å². The summed E-state index contributed by atoms with van der Waals surface area (Å²) >= 11 is 0. The molecular formula is C13H21N3O2. The summed E-state index contributed by atoms with van der Waals surface area (Å²) < 4.78 is 5.13. The number of hydrogen-bond acceptors (Lipinski definition) is 3. The maximum Gasteiger partial charge on any atom is 0.319 e. The zero-order chi connectivity index (χ0) is 13.4. The third-order valence-corrected chi connectivity index (χ3v) is 2.41. The van der Waals surface area contributed by atoms with Gasteiger partial charge in [0.1, 0.15) is 0 Å². The Hall–Kier alpha value is -1.59. The van der Waals surface area contributed by atoms with Crippen molar-refractivity contribution < 1.29 is 9.53 Å². The highest BCUT2D eigenvalue weighted by Gasteiger charge is 2.03. The summed E-state index contributed by atoms with van der Waals surface area (Å²) in [6, 6.07) is 7.21. The second-order valence-corrected chi connectivity index (χ2v) is 3.99. The van der Waals surface area contributed by atoms with Gasteiger partial charge in [0.25, 0.3) is 0 Å². The molecular weight excluding hydrogens is 230 g/mol. The van der Waals surface area contributed by atoms with E-state index >= 15 is 0 Å². The minimum Gasteiger partial charge on any atom is -0.380 e. The highest BCUT2D eigenvalue weighted by molar-refractivity contribution is 5.89. The van der Waals surface area contributed by atoms with Crippen LogP contribution in [-0.2, 0) is 4.74 Å². The monoisotopic (exact) mass is 251 g/mol. The van der Waals surface area contributed by atoms with Gasteiger partial charge in [0.2, 0.25) is 0 Å². The summed E-state index contributed by atoms with van der Waals surface area (Å²) in [7, 11) is 0. The van der Waals surface area contributed by atoms with E-state index in [9.17, 15) is 4.79 Å². The zero-order valence-electron chi connectivity index (χ0n) is 10.9. The fraction of sp³-hybridized carbons (Fsp3) is 0.462. The van der Waals surface area contributed by atoms with Crippen molar-refractivity contribution in [2.24, 2.45) is 5.73 Å². The minimum atomic E-state index is -0.239. The quantitative estimate of drug-likeness (QED) is 0.675. The molecule has 0 bridgehead atoms. The summed E-state index contributed by atoms with van der Waals surface area (Å²) in [4.78, 5) is 11.5. The van der Waals surface area contributed by atoms with Crippen LogP contribution in [0.5, 0.6) is 0 Å². The fourth-order valence-electron chi connectivity index (χ4n) is 1.46. The van der Waals surface area contributed by atoms with Crippen molar-refractivity contribution in [2.45, 2.75) is 19.9 Å². The van der Waals surface area contributed by atoms with E-state index in [-0.39, 0.29) is 12.1 Å². The molecule has 0 saturated carbocycles. The molecule has 4 N–H and O–H groups in total. The number of ether oxygens (including phenoxy) is 1. The number of amides is 2. The highest BCUT2D eigenvalue weighted by atomic mass is 16.5. The normalized spacial score (nSPS) is 11.9. The van der Waals surface area contributed by atoms with Gasteiger partial charge in [0.15, 0.2) is 0 Å². The van der Waals surface area contributed by atoms with Gasteiger partial charge in [-0.25, -0.2) is 4.79 Å². The molecule has 18 heavy (non-hydrogen) atoms. The van der Waals surface area contributed by atoms with Crippen LogP contribution in [0.1, 0.15) is 25.5 Å². The van der Waals surface area contributed by atoms with Gasteiger partial charge in [-0.05, 0) is 31.5 Å². The summed E-state index contributed by atoms with van der Waals surface area (Å²) in [6.07, 6.45) is 0. The van der Waals surface area contributed by atoms with Gasteiger partial charge in [-0.3, -0.25) is 0 Å². The first-order valence-electron chi connectivity index (χ1n) is 6.11. The Morgan fingerprint density at radius 1 is 1.50 bits per heavy atom. The highest BCUT2D eigenvalue weighted by Crippen LogP contribution is 2.15. The number of anilines is 1. The number of nitrogens with two attached hydrogens (primary N) is 1. The van der Waals surface area contributed by atoms with E-state index in [1.54, 1.807) is 0 Å². The topological polar surface area (TPSA) is 76.4 Å². The maximum absolute atomic E-state index is 11.5. The number of carbonyl (C=O) groups is 1. The molecule has 1 atom stereocenters. The summed E-state index contributed by atoms with van der Waals surface area (Å²) in [5.74, 6) is 0. The molecule has 1 rings (SSSR count). The van der Waals surface area contributed by atoms with Crippen molar-refractivity contribution in [2.75, 3.05) is 25.1 Å². The number of hydrogen-bond donors (Lipinski definition) is 3. The first-order valence-corrected chi connectivity index (χ1v) is 6.11.